The molecule has 0 aromatic heterocycles. The molecule has 1 rings (SSSR count). The van der Waals surface area contributed by atoms with Gasteiger partial charge in [-0.1, -0.05) is 20.8 Å². The fourth-order valence-electron chi connectivity index (χ4n) is 1.31. The summed E-state index contributed by atoms with van der Waals surface area (Å²) in [6.07, 6.45) is 0.622. The van der Waals surface area contributed by atoms with Crippen molar-refractivity contribution >= 4 is 5.91 Å². The van der Waals surface area contributed by atoms with Crippen molar-refractivity contribution in [2.45, 2.75) is 27.2 Å². The topological polar surface area (TPSA) is 38.3 Å². The van der Waals surface area contributed by atoms with E-state index in [1.165, 1.54) is 0 Å². The maximum absolute atomic E-state index is 11.3. The van der Waals surface area contributed by atoms with Crippen LogP contribution < -0.4 is 5.32 Å². The van der Waals surface area contributed by atoms with Crippen molar-refractivity contribution in [1.82, 2.24) is 5.32 Å². The summed E-state index contributed by atoms with van der Waals surface area (Å²) in [5.41, 5.74) is 0.187. The molecule has 1 N–H and O–H groups in total. The number of amides is 1. The van der Waals surface area contributed by atoms with Crippen molar-refractivity contribution in [3.05, 3.63) is 0 Å². The molecule has 76 valence electrons. The first kappa shape index (κ1) is 10.5. The molecule has 1 fully saturated rings. The molecule has 1 aliphatic heterocycles. The average molecular weight is 185 g/mol. The summed E-state index contributed by atoms with van der Waals surface area (Å²) >= 11 is 0. The third-order valence-electron chi connectivity index (χ3n) is 2.21. The van der Waals surface area contributed by atoms with E-state index < -0.39 is 0 Å². The van der Waals surface area contributed by atoms with Crippen LogP contribution in [0.15, 0.2) is 0 Å². The molecule has 3 nitrogen and oxygen atoms in total. The van der Waals surface area contributed by atoms with E-state index in [9.17, 15) is 4.79 Å². The highest BCUT2D eigenvalue weighted by molar-refractivity contribution is 5.76. The molecule has 0 aromatic rings. The minimum absolute atomic E-state index is 0.156. The van der Waals surface area contributed by atoms with E-state index in [2.05, 4.69) is 12.2 Å². The molecule has 13 heavy (non-hydrogen) atoms. The molecule has 0 saturated carbocycles. The Hall–Kier alpha value is -0.570. The fraction of sp³-hybridized carbons (Fsp3) is 0.900. The highest BCUT2D eigenvalue weighted by atomic mass is 16.5. The van der Waals surface area contributed by atoms with Crippen molar-refractivity contribution in [2.75, 3.05) is 19.8 Å². The lowest BCUT2D eigenvalue weighted by Crippen LogP contribution is -2.48. The number of hydrogen-bond acceptors (Lipinski definition) is 2. The van der Waals surface area contributed by atoms with Crippen LogP contribution in [0.3, 0.4) is 0 Å². The van der Waals surface area contributed by atoms with Crippen LogP contribution in [-0.2, 0) is 9.53 Å². The summed E-state index contributed by atoms with van der Waals surface area (Å²) in [7, 11) is 0. The number of hydrogen-bond donors (Lipinski definition) is 1. The van der Waals surface area contributed by atoms with Crippen LogP contribution in [0.5, 0.6) is 0 Å². The predicted octanol–water partition coefficient (Wildman–Crippen LogP) is 1.19. The number of ether oxygens (including phenoxy) is 1. The SMILES string of the molecule is CC(C)CC(=O)NCC1(C)COC1. The van der Waals surface area contributed by atoms with Crippen LogP contribution in [0.4, 0.5) is 0 Å². The molecule has 3 heteroatoms. The average Bonchev–Trinajstić information content (AvgIpc) is 1.96. The van der Waals surface area contributed by atoms with Crippen LogP contribution >= 0.6 is 0 Å². The van der Waals surface area contributed by atoms with Crippen LogP contribution in [0.25, 0.3) is 0 Å². The van der Waals surface area contributed by atoms with E-state index in [0.29, 0.717) is 12.3 Å². The van der Waals surface area contributed by atoms with Gasteiger partial charge in [0, 0.05) is 18.4 Å². The maximum Gasteiger partial charge on any atom is 0.220 e. The van der Waals surface area contributed by atoms with Gasteiger partial charge in [0.25, 0.3) is 0 Å². The minimum atomic E-state index is 0.156. The first-order valence-corrected chi connectivity index (χ1v) is 4.86. The van der Waals surface area contributed by atoms with Gasteiger partial charge in [0.2, 0.25) is 5.91 Å². The normalized spacial score (nSPS) is 19.7. The third kappa shape index (κ3) is 3.35. The fourth-order valence-corrected chi connectivity index (χ4v) is 1.31. The predicted molar refractivity (Wildman–Crippen MR) is 51.4 cm³/mol. The van der Waals surface area contributed by atoms with Gasteiger partial charge in [-0.3, -0.25) is 4.79 Å². The van der Waals surface area contributed by atoms with Crippen LogP contribution in [-0.4, -0.2) is 25.7 Å². The van der Waals surface area contributed by atoms with E-state index in [0.717, 1.165) is 19.8 Å². The van der Waals surface area contributed by atoms with Gasteiger partial charge in [0.05, 0.1) is 13.2 Å². The zero-order valence-corrected chi connectivity index (χ0v) is 8.72. The largest absolute Gasteiger partial charge is 0.380 e. The Balaban J connectivity index is 2.14. The second kappa shape index (κ2) is 4.09. The molecule has 0 spiro atoms. The minimum Gasteiger partial charge on any atom is -0.380 e. The number of rotatable bonds is 4. The molecule has 0 unspecified atom stereocenters. The Morgan fingerprint density at radius 2 is 2.15 bits per heavy atom. The van der Waals surface area contributed by atoms with Crippen molar-refractivity contribution in [3.8, 4) is 0 Å². The first-order chi connectivity index (χ1) is 6.02. The number of nitrogens with one attached hydrogen (secondary N) is 1. The van der Waals surface area contributed by atoms with Gasteiger partial charge in [0.15, 0.2) is 0 Å². The van der Waals surface area contributed by atoms with E-state index >= 15 is 0 Å². The zero-order valence-electron chi connectivity index (χ0n) is 8.72. The Morgan fingerprint density at radius 1 is 1.54 bits per heavy atom. The standard InChI is InChI=1S/C10H19NO2/c1-8(2)4-9(12)11-5-10(3)6-13-7-10/h8H,4-7H2,1-3H3,(H,11,12). The lowest BCUT2D eigenvalue weighted by Gasteiger charge is -2.38. The van der Waals surface area contributed by atoms with E-state index in [1.54, 1.807) is 0 Å². The Kier molecular flexibility index (Phi) is 3.31. The van der Waals surface area contributed by atoms with E-state index in [1.807, 2.05) is 13.8 Å². The van der Waals surface area contributed by atoms with E-state index in [4.69, 9.17) is 4.74 Å². The summed E-state index contributed by atoms with van der Waals surface area (Å²) in [6.45, 7) is 8.52. The van der Waals surface area contributed by atoms with Crippen LogP contribution in [0, 0.1) is 11.3 Å². The van der Waals surface area contributed by atoms with Gasteiger partial charge in [-0.25, -0.2) is 0 Å². The maximum atomic E-state index is 11.3. The highest BCUT2D eigenvalue weighted by Crippen LogP contribution is 2.25. The molecular formula is C10H19NO2. The molecule has 1 aliphatic rings. The number of carbonyl (C=O) groups excluding carboxylic acids is 1. The van der Waals surface area contributed by atoms with Crippen molar-refractivity contribution in [3.63, 3.8) is 0 Å². The zero-order chi connectivity index (χ0) is 9.90. The molecule has 1 saturated heterocycles. The quantitative estimate of drug-likeness (QED) is 0.714. The first-order valence-electron chi connectivity index (χ1n) is 4.86. The van der Waals surface area contributed by atoms with Gasteiger partial charge < -0.3 is 10.1 Å². The molecule has 0 radical (unpaired) electrons. The third-order valence-corrected chi connectivity index (χ3v) is 2.21. The summed E-state index contributed by atoms with van der Waals surface area (Å²) in [6, 6.07) is 0. The second-order valence-corrected chi connectivity index (χ2v) is 4.68. The summed E-state index contributed by atoms with van der Waals surface area (Å²) in [4.78, 5) is 11.3. The van der Waals surface area contributed by atoms with Crippen LogP contribution in [0.1, 0.15) is 27.2 Å². The van der Waals surface area contributed by atoms with E-state index in [-0.39, 0.29) is 11.3 Å². The molecule has 0 bridgehead atoms. The van der Waals surface area contributed by atoms with Crippen LogP contribution in [0.2, 0.25) is 0 Å². The van der Waals surface area contributed by atoms with Gasteiger partial charge in [-0.05, 0) is 5.92 Å². The summed E-state index contributed by atoms with van der Waals surface area (Å²) in [5, 5.41) is 2.94. The molecule has 0 aliphatic carbocycles. The summed E-state index contributed by atoms with van der Waals surface area (Å²) < 4.78 is 5.10. The van der Waals surface area contributed by atoms with Gasteiger partial charge >= 0.3 is 0 Å². The Morgan fingerprint density at radius 3 is 2.54 bits per heavy atom. The van der Waals surface area contributed by atoms with Crippen molar-refractivity contribution in [1.29, 1.82) is 0 Å². The van der Waals surface area contributed by atoms with Gasteiger partial charge in [0.1, 0.15) is 0 Å². The summed E-state index contributed by atoms with van der Waals surface area (Å²) in [5.74, 6) is 0.591. The monoisotopic (exact) mass is 185 g/mol. The lowest BCUT2D eigenvalue weighted by atomic mass is 9.88. The van der Waals surface area contributed by atoms with Crippen molar-refractivity contribution < 1.29 is 9.53 Å². The molecule has 0 aromatic carbocycles. The Bertz CT molecular complexity index is 185. The number of carbonyl (C=O) groups is 1. The molecular weight excluding hydrogens is 166 g/mol. The molecule has 1 amide bonds. The smallest absolute Gasteiger partial charge is 0.220 e. The molecule has 1 heterocycles. The second-order valence-electron chi connectivity index (χ2n) is 4.68. The van der Waals surface area contributed by atoms with Gasteiger partial charge in [-0.15, -0.1) is 0 Å². The molecule has 0 atom stereocenters. The Labute approximate surface area is 79.8 Å². The lowest BCUT2D eigenvalue weighted by molar-refractivity contribution is -0.127. The highest BCUT2D eigenvalue weighted by Gasteiger charge is 2.33. The van der Waals surface area contributed by atoms with Gasteiger partial charge in [-0.2, -0.15) is 0 Å². The van der Waals surface area contributed by atoms with Crippen molar-refractivity contribution in [2.24, 2.45) is 11.3 Å².